The summed E-state index contributed by atoms with van der Waals surface area (Å²) in [5.41, 5.74) is 6.12. The molecule has 2 aromatic rings. The van der Waals surface area contributed by atoms with Crippen molar-refractivity contribution in [2.75, 3.05) is 7.11 Å². The van der Waals surface area contributed by atoms with Crippen molar-refractivity contribution in [2.24, 2.45) is 5.73 Å². The van der Waals surface area contributed by atoms with Gasteiger partial charge in [-0.1, -0.05) is 0 Å². The van der Waals surface area contributed by atoms with Crippen molar-refractivity contribution in [1.29, 1.82) is 0 Å². The lowest BCUT2D eigenvalue weighted by Crippen LogP contribution is -2.08. The van der Waals surface area contributed by atoms with E-state index in [-0.39, 0.29) is 5.76 Å². The fraction of sp³-hybridized carbons (Fsp3) is 0.111. The predicted octanol–water partition coefficient (Wildman–Crippen LogP) is 0.935. The van der Waals surface area contributed by atoms with Crippen LogP contribution in [0.1, 0.15) is 10.6 Å². The lowest BCUT2D eigenvalue weighted by atomic mass is 10.3. The number of ether oxygens (including phenoxy) is 1. The third-order valence-corrected chi connectivity index (χ3v) is 1.80. The predicted molar refractivity (Wildman–Crippen MR) is 49.1 cm³/mol. The third-order valence-electron chi connectivity index (χ3n) is 1.80. The standard InChI is InChI=1S/C9H8N2O3/c1-13-8-3-2-6-5(11-8)4-7(14-6)9(10)12/h2-4H,1H3,(H2,10,12). The van der Waals surface area contributed by atoms with E-state index in [0.29, 0.717) is 17.0 Å². The molecular weight excluding hydrogens is 184 g/mol. The molecule has 0 aromatic carbocycles. The first kappa shape index (κ1) is 8.55. The van der Waals surface area contributed by atoms with Gasteiger partial charge in [-0.25, -0.2) is 4.98 Å². The van der Waals surface area contributed by atoms with Gasteiger partial charge in [0.15, 0.2) is 11.3 Å². The number of rotatable bonds is 2. The van der Waals surface area contributed by atoms with E-state index < -0.39 is 5.91 Å². The maximum absolute atomic E-state index is 10.8. The number of hydrogen-bond donors (Lipinski definition) is 1. The molecule has 0 radical (unpaired) electrons. The maximum Gasteiger partial charge on any atom is 0.284 e. The van der Waals surface area contributed by atoms with E-state index in [2.05, 4.69) is 4.98 Å². The number of nitrogens with two attached hydrogens (primary N) is 1. The summed E-state index contributed by atoms with van der Waals surface area (Å²) >= 11 is 0. The molecule has 0 atom stereocenters. The molecule has 0 unspecified atom stereocenters. The van der Waals surface area contributed by atoms with Gasteiger partial charge < -0.3 is 14.9 Å². The van der Waals surface area contributed by atoms with Gasteiger partial charge in [0.2, 0.25) is 5.88 Å². The molecule has 0 aliphatic heterocycles. The first-order chi connectivity index (χ1) is 6.70. The number of methoxy groups -OCH3 is 1. The Morgan fingerprint density at radius 3 is 3.00 bits per heavy atom. The van der Waals surface area contributed by atoms with Crippen LogP contribution >= 0.6 is 0 Å². The van der Waals surface area contributed by atoms with Gasteiger partial charge in [0.1, 0.15) is 5.52 Å². The van der Waals surface area contributed by atoms with Gasteiger partial charge in [0.05, 0.1) is 7.11 Å². The molecule has 0 bridgehead atoms. The number of fused-ring (bicyclic) bond motifs is 1. The Morgan fingerprint density at radius 2 is 2.36 bits per heavy atom. The number of primary amides is 1. The lowest BCUT2D eigenvalue weighted by molar-refractivity contribution is 0.0976. The molecule has 0 saturated carbocycles. The Bertz CT molecular complexity index is 490. The second-order valence-electron chi connectivity index (χ2n) is 2.71. The lowest BCUT2D eigenvalue weighted by Gasteiger charge is -1.95. The molecular formula is C9H8N2O3. The summed E-state index contributed by atoms with van der Waals surface area (Å²) in [5.74, 6) is -0.0444. The zero-order valence-electron chi connectivity index (χ0n) is 7.48. The molecule has 2 aromatic heterocycles. The SMILES string of the molecule is COc1ccc2oc(C(N)=O)cc2n1. The number of nitrogens with zero attached hydrogens (tertiary/aromatic N) is 1. The average molecular weight is 192 g/mol. The second-order valence-corrected chi connectivity index (χ2v) is 2.71. The van der Waals surface area contributed by atoms with Crippen molar-refractivity contribution in [3.8, 4) is 5.88 Å². The molecule has 0 aliphatic carbocycles. The highest BCUT2D eigenvalue weighted by atomic mass is 16.5. The second kappa shape index (κ2) is 3.02. The molecule has 72 valence electrons. The summed E-state index contributed by atoms with van der Waals surface area (Å²) < 4.78 is 10.1. The Labute approximate surface area is 79.5 Å². The van der Waals surface area contributed by atoms with E-state index in [1.165, 1.54) is 13.2 Å². The summed E-state index contributed by atoms with van der Waals surface area (Å²) in [6.07, 6.45) is 0. The van der Waals surface area contributed by atoms with Crippen molar-refractivity contribution < 1.29 is 13.9 Å². The number of pyridine rings is 1. The Morgan fingerprint density at radius 1 is 1.57 bits per heavy atom. The molecule has 0 saturated heterocycles. The minimum absolute atomic E-state index is 0.0979. The highest BCUT2D eigenvalue weighted by Gasteiger charge is 2.09. The summed E-state index contributed by atoms with van der Waals surface area (Å²) in [7, 11) is 1.52. The van der Waals surface area contributed by atoms with Crippen LogP contribution in [0.15, 0.2) is 22.6 Å². The quantitative estimate of drug-likeness (QED) is 0.767. The minimum atomic E-state index is -0.609. The zero-order valence-corrected chi connectivity index (χ0v) is 7.48. The molecule has 2 rings (SSSR count). The summed E-state index contributed by atoms with van der Waals surface area (Å²) in [4.78, 5) is 14.9. The van der Waals surface area contributed by atoms with E-state index in [1.54, 1.807) is 12.1 Å². The Hall–Kier alpha value is -2.04. The first-order valence-corrected chi connectivity index (χ1v) is 3.95. The first-order valence-electron chi connectivity index (χ1n) is 3.95. The molecule has 14 heavy (non-hydrogen) atoms. The van der Waals surface area contributed by atoms with E-state index in [1.807, 2.05) is 0 Å². The van der Waals surface area contributed by atoms with Crippen molar-refractivity contribution in [1.82, 2.24) is 4.98 Å². The molecule has 1 amide bonds. The van der Waals surface area contributed by atoms with Crippen LogP contribution in [0.4, 0.5) is 0 Å². The topological polar surface area (TPSA) is 78.4 Å². The van der Waals surface area contributed by atoms with Crippen molar-refractivity contribution in [2.45, 2.75) is 0 Å². The van der Waals surface area contributed by atoms with Crippen LogP contribution in [0.25, 0.3) is 11.1 Å². The Balaban J connectivity index is 2.60. The minimum Gasteiger partial charge on any atom is -0.481 e. The summed E-state index contributed by atoms with van der Waals surface area (Å²) in [6.45, 7) is 0. The molecule has 0 spiro atoms. The van der Waals surface area contributed by atoms with Gasteiger partial charge in [-0.2, -0.15) is 0 Å². The summed E-state index contributed by atoms with van der Waals surface area (Å²) in [6, 6.07) is 4.81. The average Bonchev–Trinajstić information content (AvgIpc) is 2.59. The number of furan rings is 1. The Kier molecular flexibility index (Phi) is 1.85. The third kappa shape index (κ3) is 1.28. The van der Waals surface area contributed by atoms with Gasteiger partial charge in [0.25, 0.3) is 5.91 Å². The van der Waals surface area contributed by atoms with Gasteiger partial charge in [0, 0.05) is 12.1 Å². The number of amides is 1. The van der Waals surface area contributed by atoms with E-state index >= 15 is 0 Å². The van der Waals surface area contributed by atoms with Gasteiger partial charge in [-0.15, -0.1) is 0 Å². The smallest absolute Gasteiger partial charge is 0.284 e. The van der Waals surface area contributed by atoms with Crippen LogP contribution in [0.3, 0.4) is 0 Å². The zero-order chi connectivity index (χ0) is 10.1. The number of hydrogen-bond acceptors (Lipinski definition) is 4. The van der Waals surface area contributed by atoms with Crippen molar-refractivity contribution in [3.63, 3.8) is 0 Å². The largest absolute Gasteiger partial charge is 0.481 e. The number of carbonyl (C=O) groups is 1. The van der Waals surface area contributed by atoms with E-state index in [9.17, 15) is 4.79 Å². The van der Waals surface area contributed by atoms with Crippen LogP contribution in [0.2, 0.25) is 0 Å². The molecule has 2 heterocycles. The van der Waals surface area contributed by atoms with Crippen LogP contribution in [-0.4, -0.2) is 18.0 Å². The number of carbonyl (C=O) groups excluding carboxylic acids is 1. The molecule has 5 nitrogen and oxygen atoms in total. The molecule has 0 aliphatic rings. The molecule has 2 N–H and O–H groups in total. The van der Waals surface area contributed by atoms with Gasteiger partial charge >= 0.3 is 0 Å². The normalized spacial score (nSPS) is 10.4. The highest BCUT2D eigenvalue weighted by Crippen LogP contribution is 2.19. The number of aromatic nitrogens is 1. The molecule has 0 fully saturated rings. The van der Waals surface area contributed by atoms with Crippen LogP contribution in [0.5, 0.6) is 5.88 Å². The fourth-order valence-electron chi connectivity index (χ4n) is 1.14. The van der Waals surface area contributed by atoms with E-state index in [4.69, 9.17) is 14.9 Å². The van der Waals surface area contributed by atoms with Crippen LogP contribution in [0, 0.1) is 0 Å². The fourth-order valence-corrected chi connectivity index (χ4v) is 1.14. The highest BCUT2D eigenvalue weighted by molar-refractivity contribution is 5.94. The van der Waals surface area contributed by atoms with Gasteiger partial charge in [-0.05, 0) is 6.07 Å². The maximum atomic E-state index is 10.8. The van der Waals surface area contributed by atoms with E-state index in [0.717, 1.165) is 0 Å². The van der Waals surface area contributed by atoms with Gasteiger partial charge in [-0.3, -0.25) is 4.79 Å². The molecule has 5 heteroatoms. The van der Waals surface area contributed by atoms with Crippen molar-refractivity contribution in [3.05, 3.63) is 24.0 Å². The van der Waals surface area contributed by atoms with Crippen LogP contribution in [-0.2, 0) is 0 Å². The van der Waals surface area contributed by atoms with Crippen LogP contribution < -0.4 is 10.5 Å². The monoisotopic (exact) mass is 192 g/mol. The van der Waals surface area contributed by atoms with Crippen molar-refractivity contribution >= 4 is 17.0 Å². The summed E-state index contributed by atoms with van der Waals surface area (Å²) in [5, 5.41) is 0.